The minimum absolute atomic E-state index is 0. The van der Waals surface area contributed by atoms with Gasteiger partial charge >= 0.3 is 0 Å². The molecule has 0 aliphatic heterocycles. The quantitative estimate of drug-likeness (QED) is 0.463. The van der Waals surface area contributed by atoms with Crippen molar-refractivity contribution in [3.8, 4) is 0 Å². The fourth-order valence-corrected chi connectivity index (χ4v) is 0.680. The fraction of sp³-hybridized carbons (Fsp3) is 0.154. The molecule has 0 atom stereocenters. The van der Waals surface area contributed by atoms with Crippen LogP contribution in [0.5, 0.6) is 0 Å². The molecule has 0 aromatic heterocycles. The Morgan fingerprint density at radius 3 is 1.50 bits per heavy atom. The zero-order valence-electron chi connectivity index (χ0n) is 8.37. The van der Waals surface area contributed by atoms with Crippen molar-refractivity contribution in [2.75, 3.05) is 0 Å². The van der Waals surface area contributed by atoms with E-state index >= 15 is 0 Å². The van der Waals surface area contributed by atoms with Gasteiger partial charge in [-0.05, 0) is 0 Å². The first-order valence-electron chi connectivity index (χ1n) is 4.25. The molecule has 2 aliphatic carbocycles. The Morgan fingerprint density at radius 2 is 1.43 bits per heavy atom. The van der Waals surface area contributed by atoms with Crippen LogP contribution in [-0.2, 0) is 25.8 Å². The normalized spacial score (nSPS) is 13.4. The first-order chi connectivity index (χ1) is 6.41. The van der Waals surface area contributed by atoms with E-state index in [0.717, 1.165) is 12.8 Å². The second-order valence-corrected chi connectivity index (χ2v) is 2.29. The Labute approximate surface area is 107 Å². The SMILES string of the molecule is C=C[CH2-].[C-]1=CC=CC1.[C-]1=CC=CC1.[Hf]. The van der Waals surface area contributed by atoms with E-state index in [-0.39, 0.29) is 25.8 Å². The molecule has 0 spiro atoms. The molecule has 14 heavy (non-hydrogen) atoms. The maximum absolute atomic E-state index is 3.25. The summed E-state index contributed by atoms with van der Waals surface area (Å²) in [5, 5.41) is 0. The van der Waals surface area contributed by atoms with E-state index in [2.05, 4.69) is 37.8 Å². The van der Waals surface area contributed by atoms with Crippen LogP contribution >= 0.6 is 0 Å². The molecule has 0 saturated carbocycles. The second kappa shape index (κ2) is 14.9. The monoisotopic (exact) mass is 351 g/mol. The molecule has 0 aromatic carbocycles. The van der Waals surface area contributed by atoms with Gasteiger partial charge in [0.2, 0.25) is 0 Å². The van der Waals surface area contributed by atoms with Crippen molar-refractivity contribution < 1.29 is 25.8 Å². The minimum Gasteiger partial charge on any atom is -0.273 e. The Hall–Kier alpha value is -0.560. The molecule has 74 valence electrons. The summed E-state index contributed by atoms with van der Waals surface area (Å²) in [4.78, 5) is 0. The predicted molar refractivity (Wildman–Crippen MR) is 58.7 cm³/mol. The van der Waals surface area contributed by atoms with Crippen LogP contribution in [0.1, 0.15) is 12.8 Å². The van der Waals surface area contributed by atoms with E-state index in [1.807, 2.05) is 24.3 Å². The van der Waals surface area contributed by atoms with Gasteiger partial charge in [0, 0.05) is 25.8 Å². The average Bonchev–Trinajstić information content (AvgIpc) is 2.85. The molecule has 0 nitrogen and oxygen atoms in total. The van der Waals surface area contributed by atoms with Crippen LogP contribution in [0.2, 0.25) is 0 Å². The molecule has 0 unspecified atom stereocenters. The fourth-order valence-electron chi connectivity index (χ4n) is 0.680. The Bertz CT molecular complexity index is 177. The van der Waals surface area contributed by atoms with Crippen LogP contribution in [-0.4, -0.2) is 0 Å². The third kappa shape index (κ3) is 14.0. The number of hydrogen-bond acceptors (Lipinski definition) is 0. The Kier molecular flexibility index (Phi) is 17.0. The smallest absolute Gasteiger partial charge is 0 e. The van der Waals surface area contributed by atoms with Crippen LogP contribution in [0.25, 0.3) is 0 Å². The van der Waals surface area contributed by atoms with Crippen LogP contribution in [0.4, 0.5) is 0 Å². The maximum Gasteiger partial charge on any atom is 0 e. The average molecular weight is 350 g/mol. The van der Waals surface area contributed by atoms with Crippen molar-refractivity contribution in [1.29, 1.82) is 0 Å². The molecule has 0 aromatic rings. The van der Waals surface area contributed by atoms with Gasteiger partial charge in [0.25, 0.3) is 0 Å². The molecule has 2 aliphatic rings. The number of hydrogen-bond donors (Lipinski definition) is 0. The summed E-state index contributed by atoms with van der Waals surface area (Å²) in [6.45, 7) is 6.50. The van der Waals surface area contributed by atoms with E-state index in [1.54, 1.807) is 0 Å². The van der Waals surface area contributed by atoms with Gasteiger partial charge in [-0.2, -0.15) is 12.2 Å². The van der Waals surface area contributed by atoms with Crippen LogP contribution in [0, 0.1) is 19.1 Å². The molecule has 0 bridgehead atoms. The Morgan fingerprint density at radius 1 is 1.07 bits per heavy atom. The van der Waals surface area contributed by atoms with Gasteiger partial charge in [-0.3, -0.25) is 12.2 Å². The number of allylic oxidation sites excluding steroid dienone is 9. The van der Waals surface area contributed by atoms with Crippen molar-refractivity contribution >= 4 is 0 Å². The van der Waals surface area contributed by atoms with Gasteiger partial charge in [-0.1, -0.05) is 0 Å². The zero-order valence-corrected chi connectivity index (χ0v) is 12.0. The molecule has 2 rings (SSSR count). The molecule has 0 fully saturated rings. The van der Waals surface area contributed by atoms with Gasteiger partial charge in [-0.15, -0.1) is 12.8 Å². The van der Waals surface area contributed by atoms with E-state index in [4.69, 9.17) is 0 Å². The molecular formula is C13H15Hf-3. The zero-order chi connectivity index (χ0) is 9.78. The molecule has 0 radical (unpaired) electrons. The van der Waals surface area contributed by atoms with Gasteiger partial charge in [0.15, 0.2) is 0 Å². The third-order valence-corrected chi connectivity index (χ3v) is 1.17. The summed E-state index contributed by atoms with van der Waals surface area (Å²) >= 11 is 0. The topological polar surface area (TPSA) is 0 Å². The van der Waals surface area contributed by atoms with E-state index in [9.17, 15) is 0 Å². The molecular weight excluding hydrogens is 335 g/mol. The van der Waals surface area contributed by atoms with Gasteiger partial charge in [-0.25, -0.2) is 43.9 Å². The van der Waals surface area contributed by atoms with Crippen LogP contribution in [0.3, 0.4) is 0 Å². The second-order valence-electron chi connectivity index (χ2n) is 2.29. The first kappa shape index (κ1) is 15.9. The van der Waals surface area contributed by atoms with Gasteiger partial charge < -0.3 is 0 Å². The summed E-state index contributed by atoms with van der Waals surface area (Å²) in [6.07, 6.45) is 21.5. The largest absolute Gasteiger partial charge is 0.273 e. The van der Waals surface area contributed by atoms with Crippen molar-refractivity contribution in [3.63, 3.8) is 0 Å². The van der Waals surface area contributed by atoms with E-state index in [1.165, 1.54) is 6.08 Å². The molecule has 0 amide bonds. The van der Waals surface area contributed by atoms with E-state index < -0.39 is 0 Å². The van der Waals surface area contributed by atoms with Crippen molar-refractivity contribution in [2.24, 2.45) is 0 Å². The van der Waals surface area contributed by atoms with Gasteiger partial charge in [0.05, 0.1) is 0 Å². The van der Waals surface area contributed by atoms with Crippen LogP contribution < -0.4 is 0 Å². The molecule has 0 heterocycles. The van der Waals surface area contributed by atoms with Gasteiger partial charge in [0.1, 0.15) is 0 Å². The van der Waals surface area contributed by atoms with Crippen molar-refractivity contribution in [3.05, 3.63) is 68.2 Å². The maximum atomic E-state index is 3.25. The summed E-state index contributed by atoms with van der Waals surface area (Å²) < 4.78 is 0. The standard InChI is InChI=1S/2C5H5.C3H5.Hf/c2*1-2-4-5-3-1;1-3-2;/h2*1-3H,4H2;3H,1-2H2;/q3*-1;. The van der Waals surface area contributed by atoms with Crippen molar-refractivity contribution in [2.45, 2.75) is 12.8 Å². The Balaban J connectivity index is 0. The summed E-state index contributed by atoms with van der Waals surface area (Å²) in [5.74, 6) is 0. The first-order valence-corrected chi connectivity index (χ1v) is 4.25. The minimum atomic E-state index is 0. The van der Waals surface area contributed by atoms with Crippen LogP contribution in [0.15, 0.2) is 49.1 Å². The van der Waals surface area contributed by atoms with Crippen molar-refractivity contribution in [1.82, 2.24) is 0 Å². The molecule has 1 heteroatoms. The third-order valence-electron chi connectivity index (χ3n) is 1.17. The van der Waals surface area contributed by atoms with E-state index in [0.29, 0.717) is 0 Å². The summed E-state index contributed by atoms with van der Waals surface area (Å²) in [5.41, 5.74) is 0. The predicted octanol–water partition coefficient (Wildman–Crippen LogP) is 3.62. The summed E-state index contributed by atoms with van der Waals surface area (Å²) in [6, 6.07) is 0. The summed E-state index contributed by atoms with van der Waals surface area (Å²) in [7, 11) is 0. The molecule has 0 saturated heterocycles. The number of rotatable bonds is 0. The molecule has 0 N–H and O–H groups in total.